The molecule has 0 spiro atoms. The van der Waals surface area contributed by atoms with E-state index in [-0.39, 0.29) is 13.1 Å². The first-order valence-corrected chi connectivity index (χ1v) is 24.2. The van der Waals surface area contributed by atoms with Crippen LogP contribution in [0.15, 0.2) is 116 Å². The minimum atomic E-state index is -1.18. The Morgan fingerprint density at radius 2 is 0.947 bits per heavy atom. The summed E-state index contributed by atoms with van der Waals surface area (Å²) in [4.78, 5) is 74.4. The number of benzene rings is 4. The summed E-state index contributed by atoms with van der Waals surface area (Å²) < 4.78 is 44.8. The average molecular weight is 1050 g/mol. The van der Waals surface area contributed by atoms with Crippen molar-refractivity contribution in [2.45, 2.75) is 117 Å². The van der Waals surface area contributed by atoms with Gasteiger partial charge in [-0.25, -0.2) is 28.0 Å². The molecular formula is C56H66F2N8O10. The van der Waals surface area contributed by atoms with E-state index in [2.05, 4.69) is 31.5 Å². The van der Waals surface area contributed by atoms with Gasteiger partial charge in [0.05, 0.1) is 23.7 Å². The molecule has 2 heterocycles. The fourth-order valence-corrected chi connectivity index (χ4v) is 7.17. The van der Waals surface area contributed by atoms with Gasteiger partial charge in [-0.1, -0.05) is 69.3 Å². The Kier molecular flexibility index (Phi) is 18.7. The molecule has 404 valence electrons. The van der Waals surface area contributed by atoms with Crippen LogP contribution in [0.3, 0.4) is 0 Å². The van der Waals surface area contributed by atoms with Crippen LogP contribution in [0.25, 0.3) is 22.3 Å². The van der Waals surface area contributed by atoms with E-state index in [1.54, 1.807) is 123 Å². The summed E-state index contributed by atoms with van der Waals surface area (Å²) in [6.45, 7) is 21.5. The molecule has 0 aliphatic carbocycles. The van der Waals surface area contributed by atoms with Gasteiger partial charge in [0.1, 0.15) is 28.4 Å². The smallest absolute Gasteiger partial charge is 0.435 e. The second-order valence-corrected chi connectivity index (χ2v) is 21.6. The molecule has 18 nitrogen and oxygen atoms in total. The molecule has 0 bridgehead atoms. The van der Waals surface area contributed by atoms with Crippen LogP contribution in [0.5, 0.6) is 0 Å². The predicted molar refractivity (Wildman–Crippen MR) is 283 cm³/mol. The molecule has 0 radical (unpaired) electrons. The highest BCUT2D eigenvalue weighted by molar-refractivity contribution is 5.97. The van der Waals surface area contributed by atoms with E-state index in [4.69, 9.17) is 14.2 Å². The molecule has 4 aromatic carbocycles. The van der Waals surface area contributed by atoms with Crippen LogP contribution in [0.1, 0.15) is 112 Å². The van der Waals surface area contributed by atoms with E-state index < -0.39 is 81.9 Å². The first-order chi connectivity index (χ1) is 35.3. The summed E-state index contributed by atoms with van der Waals surface area (Å²) >= 11 is 0. The van der Waals surface area contributed by atoms with Gasteiger partial charge in [-0.2, -0.15) is 19.6 Å². The second-order valence-electron chi connectivity index (χ2n) is 21.6. The number of rotatable bonds is 12. The maximum Gasteiger partial charge on any atom is 0.435 e. The molecule has 6 rings (SSSR count). The average Bonchev–Trinajstić information content (AvgIpc) is 4.00. The number of nitrogens with zero attached hydrogens (tertiary/aromatic N) is 4. The van der Waals surface area contributed by atoms with E-state index in [9.17, 15) is 42.7 Å². The standard InChI is InChI=1S/2C28H33FN4O5/c1-27(2,3)37-25(35)30-16-23(19-7-11-21(29)12-8-19)24(34)32-22-13-9-18(10-14-22)20-15-31-33(17-20)26(36)38-28(4,5)6;1-27(2,3)23-22(16-33(32-23)26(36)37)18-9-13-20(14-10-18)31-24(34)21(17-7-11-19(29)12-8-17)15-30-25(35)38-28(4,5)6/h7-15,17,23H,16H2,1-6H3,(H,30,35)(H,32,34);7-14,16,21H,15H2,1-6H3,(H,30,35)(H,31,34)(H,36,37). The van der Waals surface area contributed by atoms with Crippen molar-refractivity contribution < 1.29 is 56.9 Å². The molecule has 6 aromatic rings. The van der Waals surface area contributed by atoms with Gasteiger partial charge in [0.2, 0.25) is 11.8 Å². The van der Waals surface area contributed by atoms with Crippen LogP contribution in [-0.4, -0.2) is 90.7 Å². The number of nitrogens with one attached hydrogen (secondary N) is 4. The summed E-state index contributed by atoms with van der Waals surface area (Å²) in [6, 6.07) is 24.9. The molecule has 20 heteroatoms. The lowest BCUT2D eigenvalue weighted by Crippen LogP contribution is -2.37. The van der Waals surface area contributed by atoms with Gasteiger partial charge < -0.3 is 40.6 Å². The van der Waals surface area contributed by atoms with Crippen LogP contribution in [-0.2, 0) is 29.2 Å². The number of amides is 4. The molecule has 0 saturated carbocycles. The first-order valence-electron chi connectivity index (χ1n) is 24.2. The number of carbonyl (C=O) groups excluding carboxylic acids is 5. The minimum absolute atomic E-state index is 0.0473. The number of halogens is 2. The molecule has 4 amide bonds. The molecule has 0 fully saturated rings. The monoisotopic (exact) mass is 1050 g/mol. The summed E-state index contributed by atoms with van der Waals surface area (Å²) in [5, 5.41) is 28.6. The Morgan fingerprint density at radius 1 is 0.539 bits per heavy atom. The Hall–Kier alpha value is -8.42. The summed E-state index contributed by atoms with van der Waals surface area (Å²) in [6.07, 6.45) is 1.48. The zero-order valence-electron chi connectivity index (χ0n) is 44.7. The molecule has 2 atom stereocenters. The van der Waals surface area contributed by atoms with Crippen molar-refractivity contribution in [2.24, 2.45) is 0 Å². The van der Waals surface area contributed by atoms with Crippen molar-refractivity contribution >= 4 is 47.6 Å². The number of anilines is 2. The number of hydrogen-bond donors (Lipinski definition) is 5. The zero-order valence-corrected chi connectivity index (χ0v) is 44.7. The molecule has 76 heavy (non-hydrogen) atoms. The molecule has 0 saturated heterocycles. The highest BCUT2D eigenvalue weighted by Crippen LogP contribution is 2.33. The van der Waals surface area contributed by atoms with Crippen LogP contribution in [0.2, 0.25) is 0 Å². The van der Waals surface area contributed by atoms with Gasteiger partial charge in [0.15, 0.2) is 0 Å². The molecule has 5 N–H and O–H groups in total. The second kappa shape index (κ2) is 24.3. The minimum Gasteiger partial charge on any atom is -0.463 e. The number of ether oxygens (including phenoxy) is 3. The Labute approximate surface area is 440 Å². The van der Waals surface area contributed by atoms with E-state index in [0.29, 0.717) is 39.3 Å². The highest BCUT2D eigenvalue weighted by atomic mass is 19.1. The Balaban J connectivity index is 0.000000281. The van der Waals surface area contributed by atoms with Gasteiger partial charge >= 0.3 is 24.4 Å². The fourth-order valence-electron chi connectivity index (χ4n) is 7.17. The van der Waals surface area contributed by atoms with Crippen molar-refractivity contribution in [1.29, 1.82) is 0 Å². The number of carbonyl (C=O) groups is 6. The molecule has 2 aromatic heterocycles. The molecule has 0 aliphatic rings. The van der Waals surface area contributed by atoms with Crippen LogP contribution < -0.4 is 21.3 Å². The lowest BCUT2D eigenvalue weighted by atomic mass is 9.87. The van der Waals surface area contributed by atoms with Crippen LogP contribution >= 0.6 is 0 Å². The van der Waals surface area contributed by atoms with Gasteiger partial charge in [-0.15, -0.1) is 0 Å². The van der Waals surface area contributed by atoms with E-state index in [1.807, 2.05) is 20.8 Å². The van der Waals surface area contributed by atoms with Crippen molar-refractivity contribution in [3.8, 4) is 22.3 Å². The lowest BCUT2D eigenvalue weighted by molar-refractivity contribution is -0.118. The quantitative estimate of drug-likeness (QED) is 0.0720. The summed E-state index contributed by atoms with van der Waals surface area (Å²) in [7, 11) is 0. The molecule has 0 aliphatic heterocycles. The van der Waals surface area contributed by atoms with Gasteiger partial charge in [-0.3, -0.25) is 9.59 Å². The van der Waals surface area contributed by atoms with Crippen molar-refractivity contribution in [3.63, 3.8) is 0 Å². The maximum absolute atomic E-state index is 13.5. The van der Waals surface area contributed by atoms with E-state index in [0.717, 1.165) is 20.5 Å². The third-order valence-corrected chi connectivity index (χ3v) is 10.6. The molecule has 2 unspecified atom stereocenters. The van der Waals surface area contributed by atoms with E-state index >= 15 is 0 Å². The van der Waals surface area contributed by atoms with Crippen LogP contribution in [0.4, 0.5) is 39.3 Å². The maximum atomic E-state index is 13.5. The zero-order chi connectivity index (χ0) is 56.3. The number of alkyl carbamates (subject to hydrolysis) is 2. The van der Waals surface area contributed by atoms with Crippen molar-refractivity contribution in [3.05, 3.63) is 144 Å². The van der Waals surface area contributed by atoms with Gasteiger partial charge in [-0.05, 0) is 133 Å². The lowest BCUT2D eigenvalue weighted by Gasteiger charge is -2.22. The summed E-state index contributed by atoms with van der Waals surface area (Å²) in [5.74, 6) is -3.28. The van der Waals surface area contributed by atoms with Gasteiger partial charge in [0.25, 0.3) is 0 Å². The predicted octanol–water partition coefficient (Wildman–Crippen LogP) is 11.5. The third-order valence-electron chi connectivity index (χ3n) is 10.6. The molecular weight excluding hydrogens is 983 g/mol. The fraction of sp³-hybridized carbons (Fsp3) is 0.357. The number of aromatic nitrogens is 4. The van der Waals surface area contributed by atoms with Crippen molar-refractivity contribution in [2.75, 3.05) is 23.7 Å². The Bertz CT molecular complexity index is 2980. The topological polar surface area (TPSA) is 234 Å². The Morgan fingerprint density at radius 3 is 1.33 bits per heavy atom. The highest BCUT2D eigenvalue weighted by Gasteiger charge is 2.28. The number of carboxylic acid groups (broad SMARTS) is 1. The van der Waals surface area contributed by atoms with Crippen molar-refractivity contribution in [1.82, 2.24) is 30.2 Å². The SMILES string of the molecule is CC(C)(C)OC(=O)NCC(C(=O)Nc1ccc(-c2cn(C(=O)O)nc2C(C)(C)C)cc1)c1ccc(F)cc1.CC(C)(C)OC(=O)NCC(C(=O)Nc1ccc(-c2cnn(C(=O)OC(C)(C)C)c2)cc1)c1ccc(F)cc1. The largest absolute Gasteiger partial charge is 0.463 e. The normalized spacial score (nSPS) is 12.4. The summed E-state index contributed by atoms with van der Waals surface area (Å²) in [5.41, 5.74) is 3.14. The number of hydrogen-bond acceptors (Lipinski definition) is 11. The third kappa shape index (κ3) is 17.9. The van der Waals surface area contributed by atoms with E-state index in [1.165, 1.54) is 54.7 Å². The van der Waals surface area contributed by atoms with Crippen LogP contribution in [0, 0.1) is 11.6 Å². The van der Waals surface area contributed by atoms with Gasteiger partial charge in [0, 0.05) is 53.4 Å². The first kappa shape index (κ1) is 58.5.